The topological polar surface area (TPSA) is 262 Å². The number of fused-ring (bicyclic) bond motifs is 12. The van der Waals surface area contributed by atoms with Gasteiger partial charge in [-0.05, 0) is 139 Å². The second kappa shape index (κ2) is 39.2. The van der Waals surface area contributed by atoms with Crippen molar-refractivity contribution in [1.82, 2.24) is 104 Å². The van der Waals surface area contributed by atoms with Crippen LogP contribution >= 0.6 is 0 Å². The second-order valence-corrected chi connectivity index (χ2v) is 29.8. The van der Waals surface area contributed by atoms with E-state index in [0.717, 1.165) is 98.4 Å². The molecule has 0 aliphatic heterocycles. The Balaban J connectivity index is 0.000000123. The van der Waals surface area contributed by atoms with Crippen molar-refractivity contribution in [3.8, 4) is 79.7 Å². The third-order valence-electron chi connectivity index (χ3n) is 20.9. The van der Waals surface area contributed by atoms with Gasteiger partial charge >= 0.3 is 0 Å². The molecule has 625 valence electrons. The summed E-state index contributed by atoms with van der Waals surface area (Å²) in [4.78, 5) is 53.4. The smallest absolute Gasteiger partial charge is 0.205 e. The van der Waals surface area contributed by atoms with Gasteiger partial charge in [-0.2, -0.15) is 0 Å². The Hall–Kier alpha value is -13.8. The van der Waals surface area contributed by atoms with Gasteiger partial charge < -0.3 is 43.9 Å². The molecule has 22 aromatic rings. The van der Waals surface area contributed by atoms with Crippen LogP contribution < -0.4 is 29.0 Å². The zero-order valence-electron chi connectivity index (χ0n) is 70.0. The summed E-state index contributed by atoms with van der Waals surface area (Å²) in [6, 6.07) is 87.2. The van der Waals surface area contributed by atoms with Crippen LogP contribution in [0.1, 0.15) is 53.2 Å². The average Bonchev–Trinajstić information content (AvgIpc) is 1.61. The quantitative estimate of drug-likeness (QED) is 0.0910. The summed E-state index contributed by atoms with van der Waals surface area (Å²) in [5.74, 6) is 4.17. The van der Waals surface area contributed by atoms with Crippen molar-refractivity contribution < 1.29 is 74.0 Å². The molecule has 0 aliphatic carbocycles. The molecule has 0 spiro atoms. The molecule has 0 amide bonds. The Morgan fingerprint density at radius 2 is 0.688 bits per heavy atom. The molecular weight excluding hydrogens is 2090 g/mol. The molecule has 0 bridgehead atoms. The number of rotatable bonds is 10. The predicted octanol–water partition coefficient (Wildman–Crippen LogP) is 16.9. The van der Waals surface area contributed by atoms with Gasteiger partial charge in [0.05, 0.1) is 5.82 Å². The van der Waals surface area contributed by atoms with Crippen LogP contribution in [-0.4, -0.2) is 88.8 Å². The van der Waals surface area contributed by atoms with Gasteiger partial charge in [-0.3, -0.25) is 45.2 Å². The van der Waals surface area contributed by atoms with Crippen LogP contribution in [0.25, 0.3) is 179 Å². The Labute approximate surface area is 761 Å². The van der Waals surface area contributed by atoms with E-state index >= 15 is 0 Å². The fourth-order valence-corrected chi connectivity index (χ4v) is 14.8. The van der Waals surface area contributed by atoms with Crippen molar-refractivity contribution >= 4 is 98.9 Å². The van der Waals surface area contributed by atoms with Crippen LogP contribution in [0, 0.1) is 25.1 Å². The fourth-order valence-electron chi connectivity index (χ4n) is 14.8. The minimum Gasteiger partial charge on any atom is -0.417 e. The van der Waals surface area contributed by atoms with Crippen LogP contribution in [0.5, 0.6) is 0 Å². The van der Waals surface area contributed by atoms with Crippen molar-refractivity contribution in [2.45, 2.75) is 73.5 Å². The first-order valence-corrected chi connectivity index (χ1v) is 40.2. The van der Waals surface area contributed by atoms with Crippen LogP contribution in [0.4, 0.5) is 0 Å². The molecular formula is C98H83Ir3N24-3. The van der Waals surface area contributed by atoms with E-state index in [1.165, 1.54) is 65.4 Å². The van der Waals surface area contributed by atoms with E-state index in [-0.39, 0.29) is 65.7 Å². The number of hydrogen-bond donors (Lipinski definition) is 0. The fraction of sp³-hybridized carbons (Fsp3) is 0.143. The largest absolute Gasteiger partial charge is 0.417 e. The van der Waals surface area contributed by atoms with Crippen LogP contribution in [-0.2, 0) is 107 Å². The maximum Gasteiger partial charge on any atom is 0.205 e. The zero-order valence-corrected chi connectivity index (χ0v) is 77.2. The van der Waals surface area contributed by atoms with E-state index in [1.54, 1.807) is 37.2 Å². The first kappa shape index (κ1) is 87.6. The number of pyridine rings is 6. The first-order chi connectivity index (χ1) is 59.6. The van der Waals surface area contributed by atoms with Crippen molar-refractivity contribution in [3.05, 3.63) is 316 Å². The SMILES string of the molecule is CCn1c2ccccc2c2c[c-]c(-c3cnc4cccnc4n3)cc21.CCn1c2ccccc2c2c[c-]c(-c3cnc4cccnc4n3)cc21.CCn1c2ccccc2c2c[c-]c(-c3cnc4cccnc4n3)cc21.C[n+]1ccccc1-c1nc(-c2ccccc2)n[n-]1.C[n+]1ccccc1-c1nc(C(C)(C)C)n[n-]1.Cc1n[n-]c(-c2cccc[n+]2C)n1.[Ir].[Ir].[Ir]. The van der Waals surface area contributed by atoms with Crippen LogP contribution in [0.3, 0.4) is 0 Å². The van der Waals surface area contributed by atoms with Gasteiger partial charge in [0.2, 0.25) is 17.1 Å². The normalized spacial score (nSPS) is 11.0. The number of nitrogens with zero attached hydrogens (tertiary/aromatic N) is 24. The molecule has 0 fully saturated rings. The standard InChI is InChI=1S/3C21H15N4.C14H12N4.C12H16N4.C9H10N4.3Ir/c3*1-2-25-19-8-4-3-6-15(19)16-10-9-14(12-20(16)25)18-13-23-17-7-5-11-22-21(17)24-18;1-18-10-6-5-9-12(18)14-15-13(16-17-14)11-7-3-2-4-8-11;1-12(2,3)11-13-10(14-15-11)9-7-5-6-8-16(9)4;1-7-10-9(12-11-7)8-5-3-4-6-13(8)2;;;/h3*3-8,10-13H,2H2,1H3;2-10H,1H3;5-8H,1-4H3;3-6H,1-2H3;;;/q3*-1;;;;;;. The van der Waals surface area contributed by atoms with Crippen molar-refractivity contribution in [3.63, 3.8) is 0 Å². The molecule has 0 N–H and O–H groups in total. The Bertz CT molecular complexity index is 7050. The molecule has 24 nitrogen and oxygen atoms in total. The summed E-state index contributed by atoms with van der Waals surface area (Å²) < 4.78 is 12.9. The summed E-state index contributed by atoms with van der Waals surface area (Å²) >= 11 is 0. The van der Waals surface area contributed by atoms with E-state index in [4.69, 9.17) is 0 Å². The summed E-state index contributed by atoms with van der Waals surface area (Å²) in [5, 5.41) is 31.8. The van der Waals surface area contributed by atoms with Crippen molar-refractivity contribution in [1.29, 1.82) is 0 Å². The number of para-hydroxylation sites is 3. The molecule has 15 aromatic heterocycles. The molecule has 15 heterocycles. The summed E-state index contributed by atoms with van der Waals surface area (Å²) in [7, 11) is 5.90. The molecule has 0 saturated carbocycles. The van der Waals surface area contributed by atoms with E-state index < -0.39 is 0 Å². The van der Waals surface area contributed by atoms with Crippen molar-refractivity contribution in [2.24, 2.45) is 21.1 Å². The van der Waals surface area contributed by atoms with Gasteiger partial charge in [0.25, 0.3) is 0 Å². The minimum atomic E-state index is -0.0569. The van der Waals surface area contributed by atoms with Gasteiger partial charge in [-0.25, -0.2) is 28.7 Å². The molecule has 3 radical (unpaired) electrons. The molecule has 7 aromatic carbocycles. The maximum atomic E-state index is 4.65. The maximum absolute atomic E-state index is 4.65. The number of aryl methyl sites for hydroxylation is 7. The monoisotopic (exact) mass is 2170 g/mol. The van der Waals surface area contributed by atoms with E-state index in [2.05, 4.69) is 273 Å². The molecule has 0 unspecified atom stereocenters. The third kappa shape index (κ3) is 18.8. The van der Waals surface area contributed by atoms with Gasteiger partial charge in [-0.1, -0.05) is 122 Å². The molecule has 27 heteroatoms. The van der Waals surface area contributed by atoms with Crippen molar-refractivity contribution in [2.75, 3.05) is 0 Å². The van der Waals surface area contributed by atoms with E-state index in [0.29, 0.717) is 46.1 Å². The summed E-state index contributed by atoms with van der Waals surface area (Å²) in [5.41, 5.74) is 20.7. The second-order valence-electron chi connectivity index (χ2n) is 29.8. The Morgan fingerprint density at radius 3 is 1.04 bits per heavy atom. The number of aromatic nitrogens is 24. The molecule has 0 aliphatic rings. The van der Waals surface area contributed by atoms with Crippen LogP contribution in [0.2, 0.25) is 0 Å². The van der Waals surface area contributed by atoms with Crippen LogP contribution in [0.15, 0.2) is 286 Å². The molecule has 125 heavy (non-hydrogen) atoms. The summed E-state index contributed by atoms with van der Waals surface area (Å²) in [6.07, 6.45) is 16.5. The Kier molecular flexibility index (Phi) is 27.4. The van der Waals surface area contributed by atoms with Gasteiger partial charge in [0.1, 0.15) is 37.7 Å². The number of hydrogen-bond acceptors (Lipinski definition) is 15. The van der Waals surface area contributed by atoms with Gasteiger partial charge in [-0.15, -0.1) is 71.3 Å². The van der Waals surface area contributed by atoms with Gasteiger partial charge in [0.15, 0.2) is 35.5 Å². The average molecular weight is 2170 g/mol. The Morgan fingerprint density at radius 1 is 0.344 bits per heavy atom. The molecule has 0 atom stereocenters. The zero-order chi connectivity index (χ0) is 83.8. The molecule has 0 saturated heterocycles. The molecule has 22 rings (SSSR count). The summed E-state index contributed by atoms with van der Waals surface area (Å²) in [6.45, 7) is 17.3. The minimum absolute atomic E-state index is 0. The third-order valence-corrected chi connectivity index (χ3v) is 20.9. The first-order valence-electron chi connectivity index (χ1n) is 40.2. The predicted molar refractivity (Wildman–Crippen MR) is 476 cm³/mol. The van der Waals surface area contributed by atoms with Gasteiger partial charge in [0, 0.05) is 222 Å². The van der Waals surface area contributed by atoms with E-state index in [9.17, 15) is 0 Å². The number of benzene rings is 7. The van der Waals surface area contributed by atoms with E-state index in [1.807, 2.05) is 182 Å².